The second-order valence-corrected chi connectivity index (χ2v) is 6.59. The summed E-state index contributed by atoms with van der Waals surface area (Å²) < 4.78 is 36.1. The summed E-state index contributed by atoms with van der Waals surface area (Å²) in [5, 5.41) is 10.0. The number of hydrogen-bond donors (Lipinski definition) is 1. The molecule has 1 saturated heterocycles. The molecule has 30 heavy (non-hydrogen) atoms. The van der Waals surface area contributed by atoms with E-state index in [0.717, 1.165) is 17.0 Å². The van der Waals surface area contributed by atoms with E-state index in [2.05, 4.69) is 20.6 Å². The Balaban J connectivity index is 1.57. The molecule has 2 aromatic heterocycles. The Hall–Kier alpha value is -3.89. The molecule has 2 amide bonds. The van der Waals surface area contributed by atoms with Gasteiger partial charge in [0.1, 0.15) is 17.7 Å². The number of amides is 2. The molecule has 0 saturated carbocycles. The van der Waals surface area contributed by atoms with Crippen molar-refractivity contribution in [2.45, 2.75) is 13.0 Å². The average Bonchev–Trinajstić information content (AvgIpc) is 3.36. The van der Waals surface area contributed by atoms with E-state index in [1.54, 1.807) is 12.3 Å². The molecule has 1 aromatic carbocycles. The van der Waals surface area contributed by atoms with Crippen LogP contribution in [0, 0.1) is 11.6 Å². The van der Waals surface area contributed by atoms with Gasteiger partial charge >= 0.3 is 6.09 Å². The largest absolute Gasteiger partial charge is 0.442 e. The molecule has 4 rings (SSSR count). The van der Waals surface area contributed by atoms with Crippen LogP contribution in [0.4, 0.5) is 19.3 Å². The molecule has 3 heterocycles. The van der Waals surface area contributed by atoms with Gasteiger partial charge in [0.05, 0.1) is 36.7 Å². The Morgan fingerprint density at radius 2 is 2.07 bits per heavy atom. The van der Waals surface area contributed by atoms with Gasteiger partial charge in [-0.2, -0.15) is 0 Å². The molecule has 1 N–H and O–H groups in total. The first-order valence-electron chi connectivity index (χ1n) is 8.97. The van der Waals surface area contributed by atoms with Gasteiger partial charge in [-0.25, -0.2) is 23.2 Å². The van der Waals surface area contributed by atoms with Crippen molar-refractivity contribution >= 4 is 17.7 Å². The maximum absolute atomic E-state index is 14.8. The molecule has 0 bridgehead atoms. The summed E-state index contributed by atoms with van der Waals surface area (Å²) in [7, 11) is 0. The number of aromatic nitrogens is 4. The molecule has 0 unspecified atom stereocenters. The van der Waals surface area contributed by atoms with E-state index < -0.39 is 23.8 Å². The maximum Gasteiger partial charge on any atom is 0.414 e. The first kappa shape index (κ1) is 19.4. The molecule has 154 valence electrons. The normalized spacial score (nSPS) is 15.9. The number of carbonyl (C=O) groups is 2. The zero-order chi connectivity index (χ0) is 21.3. The number of hydrogen-bond acceptors (Lipinski definition) is 6. The third kappa shape index (κ3) is 3.81. The summed E-state index contributed by atoms with van der Waals surface area (Å²) in [4.78, 5) is 28.3. The number of pyridine rings is 1. The van der Waals surface area contributed by atoms with Crippen LogP contribution in [0.1, 0.15) is 6.92 Å². The van der Waals surface area contributed by atoms with Gasteiger partial charge in [-0.1, -0.05) is 5.21 Å². The molecule has 1 atom stereocenters. The molecule has 0 radical (unpaired) electrons. The summed E-state index contributed by atoms with van der Waals surface area (Å²) in [6.45, 7) is 1.52. The topological polar surface area (TPSA) is 102 Å². The smallest absolute Gasteiger partial charge is 0.414 e. The molecular formula is C19H16F2N6O3. The Morgan fingerprint density at radius 3 is 2.67 bits per heavy atom. The molecular weight excluding hydrogens is 398 g/mol. The summed E-state index contributed by atoms with van der Waals surface area (Å²) in [5.74, 6) is -1.52. The predicted molar refractivity (Wildman–Crippen MR) is 101 cm³/mol. The van der Waals surface area contributed by atoms with Crippen molar-refractivity contribution in [3.63, 3.8) is 0 Å². The van der Waals surface area contributed by atoms with E-state index in [0.29, 0.717) is 5.82 Å². The van der Waals surface area contributed by atoms with Crippen molar-refractivity contribution in [3.05, 3.63) is 54.5 Å². The highest BCUT2D eigenvalue weighted by Gasteiger charge is 2.33. The lowest BCUT2D eigenvalue weighted by Crippen LogP contribution is -2.33. The van der Waals surface area contributed by atoms with E-state index >= 15 is 0 Å². The predicted octanol–water partition coefficient (Wildman–Crippen LogP) is 2.07. The van der Waals surface area contributed by atoms with E-state index in [4.69, 9.17) is 4.74 Å². The molecule has 1 aliphatic rings. The quantitative estimate of drug-likeness (QED) is 0.686. The van der Waals surface area contributed by atoms with Gasteiger partial charge in [-0.3, -0.25) is 9.69 Å². The highest BCUT2D eigenvalue weighted by atomic mass is 19.1. The van der Waals surface area contributed by atoms with Crippen LogP contribution in [-0.2, 0) is 9.53 Å². The summed E-state index contributed by atoms with van der Waals surface area (Å²) in [6, 6.07) is 5.19. The molecule has 1 fully saturated rings. The molecule has 0 spiro atoms. The number of carbonyl (C=O) groups excluding carboxylic acids is 2. The lowest BCUT2D eigenvalue weighted by molar-refractivity contribution is -0.119. The van der Waals surface area contributed by atoms with Gasteiger partial charge in [-0.05, 0) is 24.3 Å². The first-order valence-corrected chi connectivity index (χ1v) is 8.97. The summed E-state index contributed by atoms with van der Waals surface area (Å²) >= 11 is 0. The second-order valence-electron chi connectivity index (χ2n) is 6.59. The van der Waals surface area contributed by atoms with E-state index in [-0.39, 0.29) is 35.8 Å². The monoisotopic (exact) mass is 414 g/mol. The summed E-state index contributed by atoms with van der Waals surface area (Å²) in [6.07, 6.45) is 3.05. The third-order valence-electron chi connectivity index (χ3n) is 4.49. The van der Waals surface area contributed by atoms with Crippen molar-refractivity contribution in [1.29, 1.82) is 0 Å². The number of cyclic esters (lactones) is 1. The number of rotatable bonds is 5. The van der Waals surface area contributed by atoms with Crippen LogP contribution in [0.5, 0.6) is 0 Å². The van der Waals surface area contributed by atoms with Crippen LogP contribution in [0.2, 0.25) is 0 Å². The average molecular weight is 414 g/mol. The van der Waals surface area contributed by atoms with Crippen LogP contribution in [0.15, 0.2) is 42.9 Å². The van der Waals surface area contributed by atoms with Gasteiger partial charge < -0.3 is 10.1 Å². The van der Waals surface area contributed by atoms with Gasteiger partial charge in [0, 0.05) is 18.7 Å². The number of nitrogens with zero attached hydrogens (tertiary/aromatic N) is 5. The maximum atomic E-state index is 14.8. The Bertz CT molecular complexity index is 1070. The van der Waals surface area contributed by atoms with Crippen molar-refractivity contribution < 1.29 is 23.1 Å². The van der Waals surface area contributed by atoms with Crippen molar-refractivity contribution in [2.24, 2.45) is 0 Å². The van der Waals surface area contributed by atoms with Crippen LogP contribution in [-0.4, -0.2) is 51.2 Å². The number of nitrogens with one attached hydrogen (secondary N) is 1. The highest BCUT2D eigenvalue weighted by molar-refractivity contribution is 5.90. The minimum Gasteiger partial charge on any atom is -0.442 e. The van der Waals surface area contributed by atoms with Crippen molar-refractivity contribution in [2.75, 3.05) is 18.0 Å². The van der Waals surface area contributed by atoms with Gasteiger partial charge in [0.15, 0.2) is 5.82 Å². The van der Waals surface area contributed by atoms with Crippen LogP contribution < -0.4 is 10.2 Å². The van der Waals surface area contributed by atoms with Crippen LogP contribution in [0.25, 0.3) is 16.9 Å². The number of anilines is 1. The highest BCUT2D eigenvalue weighted by Crippen LogP contribution is 2.31. The third-order valence-corrected chi connectivity index (χ3v) is 4.49. The van der Waals surface area contributed by atoms with E-state index in [1.165, 1.54) is 30.1 Å². The molecule has 11 heteroatoms. The van der Waals surface area contributed by atoms with Crippen LogP contribution in [0.3, 0.4) is 0 Å². The SMILES string of the molecule is CC(=O)NC[C@H]1CN(c2cc(F)c(-c3ccc(-n4ccnn4)nc3)c(F)c2)C(=O)O1. The van der Waals surface area contributed by atoms with Crippen LogP contribution >= 0.6 is 0 Å². The number of ether oxygens (including phenoxy) is 1. The minimum absolute atomic E-state index is 0.0243. The van der Waals surface area contributed by atoms with E-state index in [9.17, 15) is 18.4 Å². The zero-order valence-corrected chi connectivity index (χ0v) is 15.7. The Kier molecular flexibility index (Phi) is 5.09. The second kappa shape index (κ2) is 7.85. The minimum atomic E-state index is -0.849. The molecule has 0 aliphatic carbocycles. The van der Waals surface area contributed by atoms with Crippen molar-refractivity contribution in [3.8, 4) is 16.9 Å². The summed E-state index contributed by atoms with van der Waals surface area (Å²) in [5.41, 5.74) is -0.0111. The Labute approximate surface area is 169 Å². The first-order chi connectivity index (χ1) is 14.4. The van der Waals surface area contributed by atoms with Gasteiger partial charge in [-0.15, -0.1) is 5.10 Å². The van der Waals surface area contributed by atoms with Crippen molar-refractivity contribution in [1.82, 2.24) is 25.3 Å². The lowest BCUT2D eigenvalue weighted by atomic mass is 10.1. The fraction of sp³-hybridized carbons (Fsp3) is 0.211. The zero-order valence-electron chi connectivity index (χ0n) is 15.7. The lowest BCUT2D eigenvalue weighted by Gasteiger charge is -2.15. The molecule has 9 nitrogen and oxygen atoms in total. The van der Waals surface area contributed by atoms with E-state index in [1.807, 2.05) is 0 Å². The standard InChI is InChI=1S/C19H16F2N6O3/c1-11(28)22-9-14-10-26(19(29)30-14)13-6-15(20)18(16(21)7-13)12-2-3-17(23-8-12)27-5-4-24-25-27/h2-8,14H,9-10H2,1H3,(H,22,28)/t14-/m0/s1. The molecule has 1 aliphatic heterocycles. The number of benzene rings is 1. The Morgan fingerprint density at radius 1 is 1.30 bits per heavy atom. The molecule has 3 aromatic rings. The number of halogens is 2. The fourth-order valence-electron chi connectivity index (χ4n) is 3.09. The van der Waals surface area contributed by atoms with Gasteiger partial charge in [0.25, 0.3) is 0 Å². The fourth-order valence-corrected chi connectivity index (χ4v) is 3.09. The van der Waals surface area contributed by atoms with Gasteiger partial charge in [0.2, 0.25) is 5.91 Å².